The van der Waals surface area contributed by atoms with Crippen LogP contribution in [0.25, 0.3) is 0 Å². The Morgan fingerprint density at radius 3 is 2.71 bits per heavy atom. The fraction of sp³-hybridized carbons (Fsp3) is 0.545. The first-order valence-electron chi connectivity index (χ1n) is 10.4. The Balaban J connectivity index is 1.53. The van der Waals surface area contributed by atoms with E-state index in [9.17, 15) is 9.90 Å². The normalized spacial score (nSPS) is 31.2. The van der Waals surface area contributed by atoms with Crippen LogP contribution in [0.4, 0.5) is 0 Å². The summed E-state index contributed by atoms with van der Waals surface area (Å²) in [5.41, 5.74) is 2.82. The number of hydrogen-bond donors (Lipinski definition) is 1. The lowest BCUT2D eigenvalue weighted by molar-refractivity contribution is -0.00344. The molecule has 2 aromatic rings. The summed E-state index contributed by atoms with van der Waals surface area (Å²) in [6.45, 7) is 7.76. The Bertz CT molecular complexity index is 900. The third-order valence-corrected chi connectivity index (χ3v) is 7.19. The van der Waals surface area contributed by atoms with Crippen molar-refractivity contribution in [3.8, 4) is 5.75 Å². The van der Waals surface area contributed by atoms with Crippen LogP contribution >= 0.6 is 0 Å². The highest BCUT2D eigenvalue weighted by molar-refractivity contribution is 5.95. The molecule has 4 aliphatic heterocycles. The molecule has 1 aromatic carbocycles. The molecule has 0 unspecified atom stereocenters. The zero-order valence-electron chi connectivity index (χ0n) is 16.6. The summed E-state index contributed by atoms with van der Waals surface area (Å²) in [4.78, 5) is 18.3. The number of carbonyl (C=O) groups excluding carboxylic acids is 1. The molecular formula is C22H28N4O2. The number of amides is 1. The Hall–Kier alpha value is -2.34. The summed E-state index contributed by atoms with van der Waals surface area (Å²) < 4.78 is 1.89. The highest BCUT2D eigenvalue weighted by Gasteiger charge is 2.54. The maximum atomic E-state index is 13.6. The SMILES string of the molecule is CCn1ncc(C(=O)N2C[C@@H](c3cccc(O)c3)[C@@H]3[C@H]2C2CCN3CC2)c1C. The van der Waals surface area contributed by atoms with Crippen LogP contribution in [0, 0.1) is 12.8 Å². The average molecular weight is 380 g/mol. The first-order chi connectivity index (χ1) is 13.6. The summed E-state index contributed by atoms with van der Waals surface area (Å²) in [6.07, 6.45) is 4.08. The highest BCUT2D eigenvalue weighted by atomic mass is 16.3. The number of likely N-dealkylation sites (tertiary alicyclic amines) is 1. The smallest absolute Gasteiger partial charge is 0.257 e. The van der Waals surface area contributed by atoms with Crippen LogP contribution in [0.1, 0.15) is 47.3 Å². The fourth-order valence-electron chi connectivity index (χ4n) is 5.83. The zero-order valence-corrected chi connectivity index (χ0v) is 16.6. The lowest BCUT2D eigenvalue weighted by atomic mass is 9.75. The second-order valence-corrected chi connectivity index (χ2v) is 8.47. The van der Waals surface area contributed by atoms with Gasteiger partial charge in [-0.15, -0.1) is 0 Å². The van der Waals surface area contributed by atoms with E-state index in [1.165, 1.54) is 12.8 Å². The molecule has 6 heteroatoms. The second kappa shape index (κ2) is 6.62. The van der Waals surface area contributed by atoms with Gasteiger partial charge in [-0.3, -0.25) is 14.4 Å². The van der Waals surface area contributed by atoms with Crippen molar-refractivity contribution in [3.05, 3.63) is 47.3 Å². The lowest BCUT2D eigenvalue weighted by Gasteiger charge is -2.51. The number of phenolic OH excluding ortho intramolecular Hbond substituents is 1. The first kappa shape index (κ1) is 17.7. The lowest BCUT2D eigenvalue weighted by Crippen LogP contribution is -2.60. The Kier molecular flexibility index (Phi) is 4.19. The maximum absolute atomic E-state index is 13.6. The zero-order chi connectivity index (χ0) is 19.4. The van der Waals surface area contributed by atoms with Crippen molar-refractivity contribution in [2.24, 2.45) is 5.92 Å². The van der Waals surface area contributed by atoms with Crippen LogP contribution in [0.3, 0.4) is 0 Å². The molecule has 0 radical (unpaired) electrons. The molecule has 6 rings (SSSR count). The van der Waals surface area contributed by atoms with E-state index >= 15 is 0 Å². The summed E-state index contributed by atoms with van der Waals surface area (Å²) in [7, 11) is 0. The molecule has 6 nitrogen and oxygen atoms in total. The van der Waals surface area contributed by atoms with Gasteiger partial charge in [-0.05, 0) is 63.4 Å². The number of phenols is 1. The molecular weight excluding hydrogens is 352 g/mol. The fourth-order valence-corrected chi connectivity index (χ4v) is 5.83. The van der Waals surface area contributed by atoms with Crippen LogP contribution in [0.2, 0.25) is 0 Å². The van der Waals surface area contributed by atoms with Crippen LogP contribution in [0.5, 0.6) is 5.75 Å². The van der Waals surface area contributed by atoms with Crippen LogP contribution in [-0.2, 0) is 6.54 Å². The van der Waals surface area contributed by atoms with Crippen molar-refractivity contribution < 1.29 is 9.90 Å². The van der Waals surface area contributed by atoms with E-state index in [0.717, 1.165) is 36.5 Å². The topological polar surface area (TPSA) is 61.6 Å². The van der Waals surface area contributed by atoms with Gasteiger partial charge in [0.2, 0.25) is 0 Å². The van der Waals surface area contributed by atoms with Crippen LogP contribution in [0.15, 0.2) is 30.5 Å². The number of rotatable bonds is 3. The molecule has 0 spiro atoms. The van der Waals surface area contributed by atoms with Crippen LogP contribution in [-0.4, -0.2) is 62.3 Å². The monoisotopic (exact) mass is 380 g/mol. The third-order valence-electron chi connectivity index (χ3n) is 7.19. The Morgan fingerprint density at radius 2 is 2.04 bits per heavy atom. The molecule has 4 aliphatic rings. The number of nitrogens with zero attached hydrogens (tertiary/aromatic N) is 4. The average Bonchev–Trinajstić information content (AvgIpc) is 3.31. The van der Waals surface area contributed by atoms with Gasteiger partial charge in [-0.1, -0.05) is 12.1 Å². The number of aromatic hydroxyl groups is 1. The predicted molar refractivity (Wildman–Crippen MR) is 106 cm³/mol. The van der Waals surface area contributed by atoms with E-state index < -0.39 is 0 Å². The van der Waals surface area contributed by atoms with E-state index in [4.69, 9.17) is 0 Å². The standard InChI is InChI=1S/C22H28N4O2/c1-3-26-14(2)18(12-23-26)22(28)25-13-19(16-5-4-6-17(27)11-16)21-20(25)15-7-9-24(21)10-8-15/h4-6,11-12,15,19-21,27H,3,7-10,13H2,1-2H3/t19-,20+,21+/m0/s1. The molecule has 1 amide bonds. The first-order valence-corrected chi connectivity index (χ1v) is 10.4. The highest BCUT2D eigenvalue weighted by Crippen LogP contribution is 2.47. The number of aromatic nitrogens is 2. The van der Waals surface area contributed by atoms with Crippen molar-refractivity contribution in [1.82, 2.24) is 19.6 Å². The number of aryl methyl sites for hydroxylation is 1. The van der Waals surface area contributed by atoms with Crippen molar-refractivity contribution in [3.63, 3.8) is 0 Å². The Labute approximate surface area is 165 Å². The summed E-state index contributed by atoms with van der Waals surface area (Å²) in [6, 6.07) is 8.20. The summed E-state index contributed by atoms with van der Waals surface area (Å²) in [5, 5.41) is 14.4. The molecule has 4 saturated heterocycles. The number of benzene rings is 1. The van der Waals surface area contributed by atoms with Gasteiger partial charge < -0.3 is 10.0 Å². The summed E-state index contributed by atoms with van der Waals surface area (Å²) in [5.74, 6) is 1.23. The van der Waals surface area contributed by atoms with Gasteiger partial charge in [0.1, 0.15) is 5.75 Å². The molecule has 1 aromatic heterocycles. The second-order valence-electron chi connectivity index (χ2n) is 8.47. The molecule has 5 heterocycles. The molecule has 2 bridgehead atoms. The molecule has 1 N–H and O–H groups in total. The van der Waals surface area contributed by atoms with Gasteiger partial charge >= 0.3 is 0 Å². The van der Waals surface area contributed by atoms with Gasteiger partial charge in [0.15, 0.2) is 0 Å². The number of hydrogen-bond acceptors (Lipinski definition) is 4. The van der Waals surface area contributed by atoms with E-state index in [-0.39, 0.29) is 17.9 Å². The van der Waals surface area contributed by atoms with E-state index in [2.05, 4.69) is 21.0 Å². The molecule has 4 fully saturated rings. The minimum Gasteiger partial charge on any atom is -0.508 e. The Morgan fingerprint density at radius 1 is 1.25 bits per heavy atom. The van der Waals surface area contributed by atoms with Gasteiger partial charge in [0.05, 0.1) is 17.8 Å². The predicted octanol–water partition coefficient (Wildman–Crippen LogP) is 2.62. The number of carbonyl (C=O) groups is 1. The van der Waals surface area contributed by atoms with Gasteiger partial charge in [-0.2, -0.15) is 5.10 Å². The minimum atomic E-state index is 0.114. The summed E-state index contributed by atoms with van der Waals surface area (Å²) >= 11 is 0. The van der Waals surface area contributed by atoms with Crippen molar-refractivity contribution in [1.29, 1.82) is 0 Å². The largest absolute Gasteiger partial charge is 0.508 e. The molecule has 148 valence electrons. The number of piperidine rings is 3. The van der Waals surface area contributed by atoms with Crippen molar-refractivity contribution in [2.75, 3.05) is 19.6 Å². The molecule has 0 aliphatic carbocycles. The molecule has 3 atom stereocenters. The van der Waals surface area contributed by atoms with Crippen molar-refractivity contribution >= 4 is 5.91 Å². The molecule has 28 heavy (non-hydrogen) atoms. The maximum Gasteiger partial charge on any atom is 0.257 e. The van der Waals surface area contributed by atoms with Gasteiger partial charge in [-0.25, -0.2) is 0 Å². The minimum absolute atomic E-state index is 0.114. The quantitative estimate of drug-likeness (QED) is 0.889. The molecule has 0 saturated carbocycles. The van der Waals surface area contributed by atoms with Gasteiger partial charge in [0, 0.05) is 30.7 Å². The van der Waals surface area contributed by atoms with E-state index in [1.807, 2.05) is 30.7 Å². The van der Waals surface area contributed by atoms with Crippen molar-refractivity contribution in [2.45, 2.75) is 51.2 Å². The van der Waals surface area contributed by atoms with E-state index in [0.29, 0.717) is 24.3 Å². The van der Waals surface area contributed by atoms with Crippen LogP contribution < -0.4 is 0 Å². The third kappa shape index (κ3) is 2.58. The van der Waals surface area contributed by atoms with Gasteiger partial charge in [0.25, 0.3) is 5.91 Å². The van der Waals surface area contributed by atoms with E-state index in [1.54, 1.807) is 12.3 Å². The number of fused-ring (bicyclic) bond motifs is 2.